The van der Waals surface area contributed by atoms with Crippen LogP contribution in [0.25, 0.3) is 0 Å². The van der Waals surface area contributed by atoms with Crippen LogP contribution in [0.2, 0.25) is 20.4 Å². The van der Waals surface area contributed by atoms with Gasteiger partial charge < -0.3 is 0 Å². The maximum atomic E-state index is 9.42. The molecule has 1 aromatic heterocycles. The van der Waals surface area contributed by atoms with E-state index < -0.39 is 0 Å². The van der Waals surface area contributed by atoms with Crippen molar-refractivity contribution in [2.45, 2.75) is 6.92 Å². The Kier molecular flexibility index (Phi) is 6.76. The number of aromatic nitrogens is 1. The summed E-state index contributed by atoms with van der Waals surface area (Å²) in [6.45, 7) is 1.95. The summed E-state index contributed by atoms with van der Waals surface area (Å²) >= 11 is 24.0. The van der Waals surface area contributed by atoms with Gasteiger partial charge in [-0.25, -0.2) is 10.2 Å². The molecule has 0 aliphatic carbocycles. The molecule has 0 radical (unpaired) electrons. The molecule has 7 heteroatoms. The Labute approximate surface area is 155 Å². The fourth-order valence-electron chi connectivity index (χ4n) is 1.69. The van der Waals surface area contributed by atoms with Gasteiger partial charge in [-0.1, -0.05) is 46.5 Å². The third kappa shape index (κ3) is 3.82. The first-order valence-electron chi connectivity index (χ1n) is 5.50. The summed E-state index contributed by atoms with van der Waals surface area (Å²) in [5, 5.41) is 9.66. The smallest absolute Gasteiger partial charge is 0.238 e. The molecule has 1 heterocycles. The molecule has 0 saturated heterocycles. The Morgan fingerprint density at radius 3 is 1.90 bits per heavy atom. The van der Waals surface area contributed by atoms with E-state index in [4.69, 9.17) is 46.4 Å². The minimum absolute atomic E-state index is 0. The van der Waals surface area contributed by atoms with E-state index in [1.807, 2.05) is 31.2 Å². The monoisotopic (exact) mass is 350 g/mol. The summed E-state index contributed by atoms with van der Waals surface area (Å²) in [4.78, 5) is 3.80. The molecule has 0 amide bonds. The van der Waals surface area contributed by atoms with Crippen LogP contribution in [0.3, 0.4) is 0 Å². The molecule has 0 saturated carbocycles. The zero-order chi connectivity index (χ0) is 14.9. The summed E-state index contributed by atoms with van der Waals surface area (Å²) < 4.78 is 0. The zero-order valence-electron chi connectivity index (χ0n) is 11.2. The van der Waals surface area contributed by atoms with Crippen molar-refractivity contribution in [1.82, 2.24) is 4.98 Å². The molecule has 0 N–H and O–H groups in total. The number of halogens is 4. The number of hydrogen-bond donors (Lipinski definition) is 0. The van der Waals surface area contributed by atoms with Gasteiger partial charge in [0.2, 0.25) is 0 Å². The molecule has 0 fully saturated rings. The molecule has 0 aliphatic rings. The van der Waals surface area contributed by atoms with Crippen LogP contribution in [0.15, 0.2) is 24.3 Å². The minimum atomic E-state index is 0. The van der Waals surface area contributed by atoms with E-state index in [9.17, 15) is 5.26 Å². The number of benzene rings is 1. The molecule has 0 unspecified atom stereocenters. The number of aryl methyl sites for hydroxylation is 1. The molecule has 2 nitrogen and oxygen atoms in total. The summed E-state index contributed by atoms with van der Waals surface area (Å²) in [6.07, 6.45) is 0. The van der Waals surface area contributed by atoms with Crippen molar-refractivity contribution in [3.05, 3.63) is 67.2 Å². The van der Waals surface area contributed by atoms with Gasteiger partial charge in [-0.15, -0.1) is 40.9 Å². The first kappa shape index (κ1) is 18.5. The van der Waals surface area contributed by atoms with Crippen molar-refractivity contribution in [3.63, 3.8) is 0 Å². The average Bonchev–Trinajstić information content (AvgIpc) is 2.43. The molecule has 102 valence electrons. The third-order valence-corrected chi connectivity index (χ3v) is 4.18. The van der Waals surface area contributed by atoms with Gasteiger partial charge in [0, 0.05) is 10.0 Å². The molecule has 21 heavy (non-hydrogen) atoms. The van der Waals surface area contributed by atoms with Gasteiger partial charge in [-0.2, -0.15) is 0 Å². The molecule has 0 aliphatic heterocycles. The Balaban J connectivity index is 0.00000220. The van der Waals surface area contributed by atoms with E-state index in [-0.39, 0.29) is 39.2 Å². The fourth-order valence-corrected chi connectivity index (χ4v) is 2.60. The number of nitrogens with zero attached hydrogens (tertiary/aromatic N) is 2. The maximum absolute atomic E-state index is 9.42. The molecule has 0 bridgehead atoms. The van der Waals surface area contributed by atoms with Crippen molar-refractivity contribution in [2.24, 2.45) is 0 Å². The van der Waals surface area contributed by atoms with Crippen LogP contribution < -0.4 is 18.9 Å². The summed E-state index contributed by atoms with van der Waals surface area (Å²) in [5.41, 5.74) is 2.05. The van der Waals surface area contributed by atoms with Crippen LogP contribution in [0, 0.1) is 24.2 Å². The van der Waals surface area contributed by atoms with Crippen LogP contribution in [-0.4, -0.2) is 4.98 Å². The summed E-state index contributed by atoms with van der Waals surface area (Å²) in [7, 11) is 0. The van der Waals surface area contributed by atoms with Gasteiger partial charge in [0.15, 0.2) is 0 Å². The second-order valence-corrected chi connectivity index (χ2v) is 5.52. The van der Waals surface area contributed by atoms with E-state index in [1.54, 1.807) is 0 Å². The predicted molar refractivity (Wildman–Crippen MR) is 82.5 cm³/mol. The molecule has 0 spiro atoms. The summed E-state index contributed by atoms with van der Waals surface area (Å²) in [5.74, 6) is 0.297. The number of rotatable bonds is 2. The fraction of sp³-hybridized carbons (Fsp3) is 0.0714. The normalized spacial score (nSPS) is 9.71. The first-order chi connectivity index (χ1) is 9.45. The Morgan fingerprint density at radius 2 is 1.48 bits per heavy atom. The van der Waals surface area contributed by atoms with Crippen LogP contribution in [-0.2, 0) is 0 Å². The minimum Gasteiger partial charge on any atom is -0.238 e. The second-order valence-electron chi connectivity index (χ2n) is 4.05. The van der Waals surface area contributed by atoms with Crippen LogP contribution in [0.4, 0.5) is 0 Å². The van der Waals surface area contributed by atoms with Gasteiger partial charge in [0.25, 0.3) is 0 Å². The van der Waals surface area contributed by atoms with Gasteiger partial charge in [-0.3, -0.25) is 0 Å². The van der Waals surface area contributed by atoms with Crippen molar-refractivity contribution in [1.29, 1.82) is 5.26 Å². The Bertz CT molecular complexity index is 669. The van der Waals surface area contributed by atoms with E-state index in [0.29, 0.717) is 17.0 Å². The van der Waals surface area contributed by atoms with Crippen molar-refractivity contribution >= 4 is 46.4 Å². The SMILES string of the molecule is Cc1ccc([C-](C#N)c2c(Cl)c(Cl)nc(Cl)c2Cl)cc1.[Li+]. The Hall–Kier alpha value is -0.513. The number of hydrogen-bond acceptors (Lipinski definition) is 2. The van der Waals surface area contributed by atoms with E-state index in [0.717, 1.165) is 5.56 Å². The number of nitriles is 1. The molecule has 0 atom stereocenters. The van der Waals surface area contributed by atoms with Crippen molar-refractivity contribution in [3.8, 4) is 6.07 Å². The van der Waals surface area contributed by atoms with Crippen LogP contribution in [0.5, 0.6) is 0 Å². The second kappa shape index (κ2) is 7.66. The quantitative estimate of drug-likeness (QED) is 0.473. The van der Waals surface area contributed by atoms with E-state index >= 15 is 0 Å². The molecular weight excluding hydrogens is 345 g/mol. The van der Waals surface area contributed by atoms with Crippen molar-refractivity contribution < 1.29 is 18.9 Å². The molecule has 1 aromatic carbocycles. The molecular formula is C14H7Cl4LiN2. The predicted octanol–water partition coefficient (Wildman–Crippen LogP) is 2.50. The van der Waals surface area contributed by atoms with Gasteiger partial charge in [0.05, 0.1) is 6.07 Å². The standard InChI is InChI=1S/C14H7Cl4N2.Li/c1-7-2-4-8(5-3-7)9(6-19)10-11(15)13(17)20-14(18)12(10)16;/h2-5H,1H3;/q-1;+1. The van der Waals surface area contributed by atoms with Crippen LogP contribution >= 0.6 is 46.4 Å². The van der Waals surface area contributed by atoms with E-state index in [2.05, 4.69) is 11.1 Å². The largest absolute Gasteiger partial charge is 1.00 e. The van der Waals surface area contributed by atoms with Gasteiger partial charge in [-0.05, 0) is 12.8 Å². The maximum Gasteiger partial charge on any atom is 1.00 e. The van der Waals surface area contributed by atoms with Crippen LogP contribution in [0.1, 0.15) is 16.7 Å². The topological polar surface area (TPSA) is 36.7 Å². The summed E-state index contributed by atoms with van der Waals surface area (Å²) in [6, 6.07) is 9.49. The molecule has 2 rings (SSSR count). The Morgan fingerprint density at radius 1 is 1.00 bits per heavy atom. The number of pyridine rings is 1. The third-order valence-electron chi connectivity index (χ3n) is 2.70. The first-order valence-corrected chi connectivity index (χ1v) is 7.01. The van der Waals surface area contributed by atoms with Gasteiger partial charge in [0.1, 0.15) is 10.3 Å². The van der Waals surface area contributed by atoms with E-state index in [1.165, 1.54) is 0 Å². The zero-order valence-corrected chi connectivity index (χ0v) is 14.2. The molecule has 2 aromatic rings. The average molecular weight is 352 g/mol. The van der Waals surface area contributed by atoms with Gasteiger partial charge >= 0.3 is 18.9 Å². The van der Waals surface area contributed by atoms with Crippen molar-refractivity contribution in [2.75, 3.05) is 0 Å².